The Hall–Kier alpha value is -4.06. The Morgan fingerprint density at radius 2 is 1.87 bits per heavy atom. The van der Waals surface area contributed by atoms with Gasteiger partial charge >= 0.3 is 5.91 Å². The van der Waals surface area contributed by atoms with Crippen LogP contribution in [0.5, 0.6) is 17.2 Å². The van der Waals surface area contributed by atoms with Crippen LogP contribution >= 0.6 is 34.7 Å². The number of benzene rings is 3. The Balaban J connectivity index is 1.41. The highest BCUT2D eigenvalue weighted by atomic mass is 35.5. The zero-order valence-electron chi connectivity index (χ0n) is 26.2. The number of unbranched alkanes of at least 4 members (excludes halogenated alkanes) is 1. The van der Waals surface area contributed by atoms with Crippen LogP contribution < -0.4 is 19.1 Å². The molecule has 3 aromatic carbocycles. The first-order chi connectivity index (χ1) is 22.8. The van der Waals surface area contributed by atoms with E-state index in [1.54, 1.807) is 30.3 Å². The summed E-state index contributed by atoms with van der Waals surface area (Å²) in [5.41, 5.74) is 2.90. The number of aliphatic hydroxyl groups is 1. The second kappa shape index (κ2) is 14.4. The molecule has 1 saturated heterocycles. The van der Waals surface area contributed by atoms with E-state index in [-0.39, 0.29) is 22.6 Å². The number of anilines is 1. The van der Waals surface area contributed by atoms with Crippen molar-refractivity contribution in [3.05, 3.63) is 93.5 Å². The van der Waals surface area contributed by atoms with Crippen molar-refractivity contribution in [2.45, 2.75) is 62.3 Å². The summed E-state index contributed by atoms with van der Waals surface area (Å²) in [6.45, 7) is 6.84. The van der Waals surface area contributed by atoms with Gasteiger partial charge in [0.25, 0.3) is 5.78 Å². The van der Waals surface area contributed by atoms with Gasteiger partial charge in [0, 0.05) is 22.8 Å². The molecule has 244 valence electrons. The Kier molecular flexibility index (Phi) is 10.0. The minimum Gasteiger partial charge on any atom is -0.507 e. The lowest BCUT2D eigenvalue weighted by Gasteiger charge is -2.23. The topological polar surface area (TPSA) is 111 Å². The summed E-state index contributed by atoms with van der Waals surface area (Å²) < 4.78 is 18.4. The molecule has 1 N–H and O–H groups in total. The van der Waals surface area contributed by atoms with Gasteiger partial charge in [-0.3, -0.25) is 14.5 Å². The first-order valence-electron chi connectivity index (χ1n) is 15.5. The number of aliphatic hydroxyl groups excluding tert-OH is 1. The maximum Gasteiger partial charge on any atom is 0.301 e. The molecule has 0 bridgehead atoms. The summed E-state index contributed by atoms with van der Waals surface area (Å²) >= 11 is 8.70. The van der Waals surface area contributed by atoms with Gasteiger partial charge in [-0.2, -0.15) is 0 Å². The number of carbonyl (C=O) groups excluding carboxylic acids is 2. The third kappa shape index (κ3) is 6.97. The van der Waals surface area contributed by atoms with Crippen LogP contribution in [0.15, 0.2) is 70.6 Å². The fourth-order valence-electron chi connectivity index (χ4n) is 5.56. The molecule has 1 aromatic heterocycles. The third-order valence-corrected chi connectivity index (χ3v) is 10.2. The molecule has 9 nitrogen and oxygen atoms in total. The van der Waals surface area contributed by atoms with E-state index in [4.69, 9.17) is 25.8 Å². The number of Topliss-reactive ketones (excluding diaryl/α,β-unsaturated/α-hetero) is 1. The fourth-order valence-corrected chi connectivity index (χ4v) is 7.51. The number of hydrogen-bond donors (Lipinski definition) is 1. The van der Waals surface area contributed by atoms with Crippen molar-refractivity contribution < 1.29 is 28.9 Å². The van der Waals surface area contributed by atoms with E-state index in [2.05, 4.69) is 17.1 Å². The average Bonchev–Trinajstić information content (AvgIpc) is 3.76. The zero-order valence-corrected chi connectivity index (χ0v) is 28.6. The van der Waals surface area contributed by atoms with Gasteiger partial charge in [-0.15, -0.1) is 10.2 Å². The number of thioether (sulfide) groups is 1. The normalized spacial score (nSPS) is 18.3. The van der Waals surface area contributed by atoms with E-state index >= 15 is 0 Å². The summed E-state index contributed by atoms with van der Waals surface area (Å²) in [4.78, 5) is 29.0. The van der Waals surface area contributed by atoms with E-state index in [9.17, 15) is 14.7 Å². The van der Waals surface area contributed by atoms with E-state index < -0.39 is 17.7 Å². The number of ether oxygens (including phenoxy) is 3. The molecule has 0 saturated carbocycles. The van der Waals surface area contributed by atoms with E-state index in [1.807, 2.05) is 44.2 Å². The molecular formula is C35H34ClN3O6S2. The zero-order chi connectivity index (χ0) is 33.1. The van der Waals surface area contributed by atoms with Gasteiger partial charge in [-0.25, -0.2) is 0 Å². The van der Waals surface area contributed by atoms with Crippen molar-refractivity contribution in [1.82, 2.24) is 10.2 Å². The molecule has 12 heteroatoms. The first-order valence-corrected chi connectivity index (χ1v) is 17.7. The lowest BCUT2D eigenvalue weighted by molar-refractivity contribution is -0.132. The van der Waals surface area contributed by atoms with Crippen LogP contribution in [0.3, 0.4) is 0 Å². The van der Waals surface area contributed by atoms with Crippen molar-refractivity contribution in [2.24, 2.45) is 0 Å². The number of aromatic nitrogens is 2. The number of ketones is 1. The fraction of sp³-hybridized carbons (Fsp3) is 0.314. The number of amides is 1. The van der Waals surface area contributed by atoms with Gasteiger partial charge in [0.2, 0.25) is 5.13 Å². The summed E-state index contributed by atoms with van der Waals surface area (Å²) in [5.74, 6) is 0.499. The number of rotatable bonds is 12. The van der Waals surface area contributed by atoms with Crippen LogP contribution in [0, 0.1) is 0 Å². The number of hydrogen-bond acceptors (Lipinski definition) is 10. The highest BCUT2D eigenvalue weighted by molar-refractivity contribution is 8.00. The van der Waals surface area contributed by atoms with Crippen molar-refractivity contribution in [1.29, 1.82) is 0 Å². The molecule has 47 heavy (non-hydrogen) atoms. The average molecular weight is 692 g/mol. The third-order valence-electron chi connectivity index (χ3n) is 7.83. The Labute approximate surface area is 286 Å². The standard InChI is InChI=1S/C35H34ClN3O6S2/c1-4-6-15-44-27-14-9-22(18-28(27)43-5-2)30-29(31(40)23-10-13-26-24(17-23)16-20(3)45-26)32(41)33(42)39(30)34-37-38-35(47-34)46-19-21-7-11-25(36)12-8-21/h7-14,17-18,20,30,40H,4-6,15-16,19H2,1-3H3. The quantitative estimate of drug-likeness (QED) is 0.0394. The second-order valence-corrected chi connectivity index (χ2v) is 13.8. The lowest BCUT2D eigenvalue weighted by atomic mass is 9.94. The molecule has 2 unspecified atom stereocenters. The number of carbonyl (C=O) groups is 2. The lowest BCUT2D eigenvalue weighted by Crippen LogP contribution is -2.29. The number of fused-ring (bicyclic) bond motifs is 1. The van der Waals surface area contributed by atoms with E-state index in [1.165, 1.54) is 28.0 Å². The Bertz CT molecular complexity index is 1830. The Morgan fingerprint density at radius 1 is 1.06 bits per heavy atom. The molecule has 0 radical (unpaired) electrons. The van der Waals surface area contributed by atoms with Gasteiger partial charge in [0.1, 0.15) is 17.6 Å². The minimum absolute atomic E-state index is 0.00665. The van der Waals surface area contributed by atoms with Gasteiger partial charge in [0.15, 0.2) is 15.8 Å². The largest absolute Gasteiger partial charge is 0.507 e. The molecule has 1 fully saturated rings. The maximum absolute atomic E-state index is 13.8. The minimum atomic E-state index is -0.996. The highest BCUT2D eigenvalue weighted by Crippen LogP contribution is 2.46. The maximum atomic E-state index is 13.8. The molecule has 3 heterocycles. The summed E-state index contributed by atoms with van der Waals surface area (Å²) in [6.07, 6.45) is 2.54. The smallest absolute Gasteiger partial charge is 0.301 e. The van der Waals surface area contributed by atoms with Crippen LogP contribution in [0.25, 0.3) is 5.76 Å². The van der Waals surface area contributed by atoms with E-state index in [0.717, 1.165) is 29.7 Å². The second-order valence-electron chi connectivity index (χ2n) is 11.2. The van der Waals surface area contributed by atoms with Crippen molar-refractivity contribution in [3.63, 3.8) is 0 Å². The molecule has 2 aliphatic heterocycles. The Morgan fingerprint density at radius 3 is 2.64 bits per heavy atom. The van der Waals surface area contributed by atoms with E-state index in [0.29, 0.717) is 57.4 Å². The predicted octanol–water partition coefficient (Wildman–Crippen LogP) is 8.01. The molecule has 6 rings (SSSR count). The monoisotopic (exact) mass is 691 g/mol. The van der Waals surface area contributed by atoms with Gasteiger partial charge < -0.3 is 19.3 Å². The summed E-state index contributed by atoms with van der Waals surface area (Å²) in [5, 5.41) is 21.3. The SMILES string of the molecule is CCCCOc1ccc(C2C(=C(O)c3ccc4c(c3)CC(C)O4)C(=O)C(=O)N2c2nnc(SCc3ccc(Cl)cc3)s2)cc1OCC. The summed E-state index contributed by atoms with van der Waals surface area (Å²) in [7, 11) is 0. The van der Waals surface area contributed by atoms with Gasteiger partial charge in [-0.05, 0) is 79.4 Å². The molecular weight excluding hydrogens is 658 g/mol. The molecule has 1 amide bonds. The predicted molar refractivity (Wildman–Crippen MR) is 184 cm³/mol. The van der Waals surface area contributed by atoms with Crippen LogP contribution in [-0.4, -0.2) is 46.3 Å². The molecule has 4 aromatic rings. The van der Waals surface area contributed by atoms with Crippen LogP contribution in [0.1, 0.15) is 61.9 Å². The van der Waals surface area contributed by atoms with Crippen LogP contribution in [-0.2, 0) is 21.8 Å². The number of halogens is 1. The van der Waals surface area contributed by atoms with Crippen LogP contribution in [0.2, 0.25) is 5.02 Å². The van der Waals surface area contributed by atoms with Crippen LogP contribution in [0.4, 0.5) is 5.13 Å². The highest BCUT2D eigenvalue weighted by Gasteiger charge is 2.48. The molecule has 2 atom stereocenters. The summed E-state index contributed by atoms with van der Waals surface area (Å²) in [6, 6.07) is 17.1. The molecule has 2 aliphatic rings. The van der Waals surface area contributed by atoms with Gasteiger partial charge in [-0.1, -0.05) is 66.2 Å². The molecule has 0 aliphatic carbocycles. The number of nitrogens with zero attached hydrogens (tertiary/aromatic N) is 3. The molecule has 0 spiro atoms. The van der Waals surface area contributed by atoms with Crippen molar-refractivity contribution in [3.8, 4) is 17.2 Å². The first kappa shape index (κ1) is 32.9. The van der Waals surface area contributed by atoms with Gasteiger partial charge in [0.05, 0.1) is 24.8 Å². The van der Waals surface area contributed by atoms with Crippen molar-refractivity contribution >= 4 is 57.3 Å². The van der Waals surface area contributed by atoms with Crippen molar-refractivity contribution in [2.75, 3.05) is 18.1 Å².